The van der Waals surface area contributed by atoms with E-state index in [0.29, 0.717) is 25.8 Å². The van der Waals surface area contributed by atoms with E-state index in [4.69, 9.17) is 21.7 Å². The van der Waals surface area contributed by atoms with E-state index >= 15 is 0 Å². The van der Waals surface area contributed by atoms with Gasteiger partial charge in [-0.25, -0.2) is 0 Å². The molecule has 0 aromatic heterocycles. The van der Waals surface area contributed by atoms with Gasteiger partial charge >= 0.3 is 5.97 Å². The SMILES string of the molecule is C[C@@H](O)[C@H](N)C(=O)NCCCC[C@H](N)C(=O)O. The van der Waals surface area contributed by atoms with E-state index in [-0.39, 0.29) is 0 Å². The summed E-state index contributed by atoms with van der Waals surface area (Å²) in [5.74, 6) is -1.44. The van der Waals surface area contributed by atoms with Crippen LogP contribution in [0.15, 0.2) is 0 Å². The Morgan fingerprint density at radius 2 is 1.88 bits per heavy atom. The number of nitrogens with one attached hydrogen (secondary N) is 1. The molecule has 0 unspecified atom stereocenters. The molecule has 1 amide bonds. The van der Waals surface area contributed by atoms with Crippen molar-refractivity contribution in [3.8, 4) is 0 Å². The van der Waals surface area contributed by atoms with Crippen LogP contribution in [0.2, 0.25) is 0 Å². The molecule has 0 saturated carbocycles. The molecule has 3 atom stereocenters. The molecular weight excluding hydrogens is 226 g/mol. The summed E-state index contributed by atoms with van der Waals surface area (Å²) in [7, 11) is 0. The number of carbonyl (C=O) groups is 2. The van der Waals surface area contributed by atoms with E-state index in [1.165, 1.54) is 6.92 Å². The topological polar surface area (TPSA) is 139 Å². The Kier molecular flexibility index (Phi) is 7.44. The number of aliphatic carboxylic acids is 1. The molecule has 0 aliphatic carbocycles. The molecule has 0 fully saturated rings. The Morgan fingerprint density at radius 1 is 1.29 bits per heavy atom. The first-order chi connectivity index (χ1) is 7.86. The highest BCUT2D eigenvalue weighted by atomic mass is 16.4. The third kappa shape index (κ3) is 6.88. The lowest BCUT2D eigenvalue weighted by atomic mass is 10.1. The van der Waals surface area contributed by atoms with Crippen molar-refractivity contribution in [2.45, 2.75) is 44.4 Å². The molecule has 0 radical (unpaired) electrons. The van der Waals surface area contributed by atoms with Crippen molar-refractivity contribution in [3.05, 3.63) is 0 Å². The summed E-state index contributed by atoms with van der Waals surface area (Å²) < 4.78 is 0. The molecule has 7 heteroatoms. The van der Waals surface area contributed by atoms with Crippen LogP contribution in [-0.4, -0.2) is 46.8 Å². The summed E-state index contributed by atoms with van der Waals surface area (Å²) in [6.45, 7) is 1.84. The fourth-order valence-electron chi connectivity index (χ4n) is 1.16. The number of carbonyl (C=O) groups excluding carboxylic acids is 1. The first-order valence-electron chi connectivity index (χ1n) is 5.56. The van der Waals surface area contributed by atoms with E-state index in [1.54, 1.807) is 0 Å². The summed E-state index contributed by atoms with van der Waals surface area (Å²) >= 11 is 0. The maximum Gasteiger partial charge on any atom is 0.320 e. The summed E-state index contributed by atoms with van der Waals surface area (Å²) in [6, 6.07) is -1.79. The summed E-state index contributed by atoms with van der Waals surface area (Å²) in [5, 5.41) is 20.1. The van der Waals surface area contributed by atoms with E-state index in [9.17, 15) is 9.59 Å². The Labute approximate surface area is 100 Å². The highest BCUT2D eigenvalue weighted by Gasteiger charge is 2.17. The van der Waals surface area contributed by atoms with E-state index in [1.807, 2.05) is 0 Å². The molecule has 0 aliphatic rings. The van der Waals surface area contributed by atoms with Gasteiger partial charge in [0.25, 0.3) is 0 Å². The third-order valence-electron chi connectivity index (χ3n) is 2.38. The summed E-state index contributed by atoms with van der Waals surface area (Å²) in [5.41, 5.74) is 10.7. The highest BCUT2D eigenvalue weighted by Crippen LogP contribution is 1.98. The van der Waals surface area contributed by atoms with Gasteiger partial charge in [-0.15, -0.1) is 0 Å². The molecule has 100 valence electrons. The van der Waals surface area contributed by atoms with Crippen LogP contribution in [0.1, 0.15) is 26.2 Å². The Balaban J connectivity index is 3.59. The number of aliphatic hydroxyl groups excluding tert-OH is 1. The fourth-order valence-corrected chi connectivity index (χ4v) is 1.16. The Hall–Kier alpha value is -1.18. The lowest BCUT2D eigenvalue weighted by Gasteiger charge is -2.14. The number of amides is 1. The van der Waals surface area contributed by atoms with E-state index in [0.717, 1.165) is 0 Å². The second-order valence-corrected chi connectivity index (χ2v) is 4.00. The van der Waals surface area contributed by atoms with Crippen molar-refractivity contribution >= 4 is 11.9 Å². The van der Waals surface area contributed by atoms with Crippen molar-refractivity contribution in [1.29, 1.82) is 0 Å². The van der Waals surface area contributed by atoms with Gasteiger partial charge in [-0.2, -0.15) is 0 Å². The predicted molar refractivity (Wildman–Crippen MR) is 62.1 cm³/mol. The number of hydrogen-bond acceptors (Lipinski definition) is 5. The molecule has 0 aliphatic heterocycles. The van der Waals surface area contributed by atoms with Gasteiger partial charge in [0, 0.05) is 6.54 Å². The molecule has 0 aromatic rings. The fraction of sp³-hybridized carbons (Fsp3) is 0.800. The number of hydrogen-bond donors (Lipinski definition) is 5. The molecule has 0 bridgehead atoms. The normalized spacial score (nSPS) is 16.0. The minimum absolute atomic E-state index is 0.369. The number of nitrogens with two attached hydrogens (primary N) is 2. The van der Waals surface area contributed by atoms with Crippen LogP contribution in [0.4, 0.5) is 0 Å². The maximum absolute atomic E-state index is 11.3. The standard InChI is InChI=1S/C10H21N3O4/c1-6(14)8(12)9(15)13-5-3-2-4-7(11)10(16)17/h6-8,14H,2-5,11-12H2,1H3,(H,13,15)(H,16,17)/t6-,7+,8+/m1/s1. The number of rotatable bonds is 8. The van der Waals surface area contributed by atoms with Gasteiger partial charge in [-0.05, 0) is 26.2 Å². The van der Waals surface area contributed by atoms with Crippen LogP contribution in [-0.2, 0) is 9.59 Å². The van der Waals surface area contributed by atoms with Crippen LogP contribution in [0.25, 0.3) is 0 Å². The molecule has 0 heterocycles. The minimum Gasteiger partial charge on any atom is -0.480 e. The summed E-state index contributed by atoms with van der Waals surface area (Å²) in [6.07, 6.45) is 0.709. The Morgan fingerprint density at radius 3 is 2.35 bits per heavy atom. The molecule has 0 aromatic carbocycles. The van der Waals surface area contributed by atoms with Crippen molar-refractivity contribution < 1.29 is 19.8 Å². The van der Waals surface area contributed by atoms with Gasteiger partial charge in [-0.3, -0.25) is 9.59 Å². The minimum atomic E-state index is -1.02. The van der Waals surface area contributed by atoms with E-state index in [2.05, 4.69) is 5.32 Å². The van der Waals surface area contributed by atoms with Crippen molar-refractivity contribution in [2.75, 3.05) is 6.54 Å². The van der Waals surface area contributed by atoms with Crippen LogP contribution in [0.5, 0.6) is 0 Å². The molecule has 0 spiro atoms. The molecular formula is C10H21N3O4. The second kappa shape index (κ2) is 7.99. The lowest BCUT2D eigenvalue weighted by molar-refractivity contribution is -0.138. The number of carboxylic acids is 1. The van der Waals surface area contributed by atoms with Gasteiger partial charge in [-0.1, -0.05) is 0 Å². The smallest absolute Gasteiger partial charge is 0.320 e. The van der Waals surface area contributed by atoms with Crippen LogP contribution < -0.4 is 16.8 Å². The first kappa shape index (κ1) is 15.8. The van der Waals surface area contributed by atoms with Crippen LogP contribution in [0.3, 0.4) is 0 Å². The average molecular weight is 247 g/mol. The lowest BCUT2D eigenvalue weighted by Crippen LogP contribution is -2.47. The molecule has 0 rings (SSSR count). The summed E-state index contributed by atoms with van der Waals surface area (Å²) in [4.78, 5) is 21.7. The zero-order valence-corrected chi connectivity index (χ0v) is 9.93. The second-order valence-electron chi connectivity index (χ2n) is 4.00. The molecule has 0 saturated heterocycles. The first-order valence-corrected chi connectivity index (χ1v) is 5.56. The monoisotopic (exact) mass is 247 g/mol. The van der Waals surface area contributed by atoms with Gasteiger partial charge in [0.1, 0.15) is 12.1 Å². The predicted octanol–water partition coefficient (Wildman–Crippen LogP) is -1.61. The zero-order chi connectivity index (χ0) is 13.4. The van der Waals surface area contributed by atoms with Gasteiger partial charge in [0.2, 0.25) is 5.91 Å². The van der Waals surface area contributed by atoms with E-state index < -0.39 is 30.1 Å². The number of unbranched alkanes of at least 4 members (excludes halogenated alkanes) is 1. The average Bonchev–Trinajstić information content (AvgIpc) is 2.26. The van der Waals surface area contributed by atoms with Crippen LogP contribution in [0, 0.1) is 0 Å². The Bertz CT molecular complexity index is 258. The maximum atomic E-state index is 11.3. The van der Waals surface area contributed by atoms with Crippen LogP contribution >= 0.6 is 0 Å². The largest absolute Gasteiger partial charge is 0.480 e. The zero-order valence-electron chi connectivity index (χ0n) is 9.93. The van der Waals surface area contributed by atoms with Crippen molar-refractivity contribution in [2.24, 2.45) is 11.5 Å². The molecule has 7 nitrogen and oxygen atoms in total. The van der Waals surface area contributed by atoms with Crippen molar-refractivity contribution in [3.63, 3.8) is 0 Å². The van der Waals surface area contributed by atoms with Gasteiger partial charge in [0.15, 0.2) is 0 Å². The number of aliphatic hydroxyl groups is 1. The van der Waals surface area contributed by atoms with Gasteiger partial charge in [0.05, 0.1) is 6.10 Å². The molecule has 7 N–H and O–H groups in total. The van der Waals surface area contributed by atoms with Gasteiger partial charge < -0.3 is 27.0 Å². The quantitative estimate of drug-likeness (QED) is 0.327. The van der Waals surface area contributed by atoms with Crippen molar-refractivity contribution in [1.82, 2.24) is 5.32 Å². The number of carboxylic acid groups (broad SMARTS) is 1. The molecule has 17 heavy (non-hydrogen) atoms. The third-order valence-corrected chi connectivity index (χ3v) is 2.38. The highest BCUT2D eigenvalue weighted by molar-refractivity contribution is 5.81.